The summed E-state index contributed by atoms with van der Waals surface area (Å²) in [6.45, 7) is 5.72. The van der Waals surface area contributed by atoms with Crippen LogP contribution in [0.15, 0.2) is 41.5 Å². The lowest BCUT2D eigenvalue weighted by Crippen LogP contribution is -2.23. The Hall–Kier alpha value is -1.77. The van der Waals surface area contributed by atoms with Gasteiger partial charge in [-0.25, -0.2) is 4.79 Å². The van der Waals surface area contributed by atoms with E-state index >= 15 is 0 Å². The smallest absolute Gasteiger partial charge is 0.335 e. The zero-order chi connectivity index (χ0) is 13.5. The molecule has 1 unspecified atom stereocenters. The first-order valence-corrected chi connectivity index (χ1v) is 6.27. The van der Waals surface area contributed by atoms with Crippen LogP contribution in [0.5, 0.6) is 5.75 Å². The number of hydrogen-bond donors (Lipinski definition) is 1. The van der Waals surface area contributed by atoms with Crippen LogP contribution in [0.1, 0.15) is 33.6 Å². The third-order valence-electron chi connectivity index (χ3n) is 2.93. The quantitative estimate of drug-likeness (QED) is 0.781. The van der Waals surface area contributed by atoms with E-state index < -0.39 is 12.1 Å². The standard InChI is InChI=1S/C15H20O3/c1-4-12(5-2)14(15(16)17)11(3)18-13-9-7-6-8-10-13/h6-11H,4-5H2,1-3H3,(H,16,17). The maximum atomic E-state index is 11.4. The van der Waals surface area contributed by atoms with Gasteiger partial charge in [0, 0.05) is 0 Å². The highest BCUT2D eigenvalue weighted by molar-refractivity contribution is 5.88. The summed E-state index contributed by atoms with van der Waals surface area (Å²) < 4.78 is 5.68. The van der Waals surface area contributed by atoms with E-state index in [1.54, 1.807) is 6.92 Å². The van der Waals surface area contributed by atoms with E-state index in [4.69, 9.17) is 4.74 Å². The molecule has 0 heterocycles. The minimum atomic E-state index is -0.892. The highest BCUT2D eigenvalue weighted by atomic mass is 16.5. The van der Waals surface area contributed by atoms with E-state index in [2.05, 4.69) is 0 Å². The van der Waals surface area contributed by atoms with Crippen molar-refractivity contribution in [2.75, 3.05) is 0 Å². The molecule has 0 spiro atoms. The first-order valence-electron chi connectivity index (χ1n) is 6.27. The van der Waals surface area contributed by atoms with Gasteiger partial charge in [0.2, 0.25) is 0 Å². The maximum absolute atomic E-state index is 11.4. The molecule has 1 atom stereocenters. The molecule has 0 saturated heterocycles. The van der Waals surface area contributed by atoms with Crippen molar-refractivity contribution in [3.05, 3.63) is 41.5 Å². The third-order valence-corrected chi connectivity index (χ3v) is 2.93. The van der Waals surface area contributed by atoms with Gasteiger partial charge in [0.15, 0.2) is 0 Å². The molecule has 18 heavy (non-hydrogen) atoms. The van der Waals surface area contributed by atoms with Crippen LogP contribution in [0.3, 0.4) is 0 Å². The molecule has 0 bridgehead atoms. The Labute approximate surface area is 108 Å². The summed E-state index contributed by atoms with van der Waals surface area (Å²) in [6.07, 6.45) is 1.03. The number of carboxylic acid groups (broad SMARTS) is 1. The average Bonchev–Trinajstić information content (AvgIpc) is 2.36. The first kappa shape index (κ1) is 14.3. The predicted octanol–water partition coefficient (Wildman–Crippen LogP) is 3.66. The summed E-state index contributed by atoms with van der Waals surface area (Å²) in [7, 11) is 0. The Morgan fingerprint density at radius 2 is 1.78 bits per heavy atom. The number of allylic oxidation sites excluding steroid dienone is 1. The lowest BCUT2D eigenvalue weighted by Gasteiger charge is -2.18. The molecule has 98 valence electrons. The van der Waals surface area contributed by atoms with E-state index in [1.165, 1.54) is 0 Å². The second-order valence-corrected chi connectivity index (χ2v) is 4.10. The minimum Gasteiger partial charge on any atom is -0.486 e. The van der Waals surface area contributed by atoms with Crippen molar-refractivity contribution >= 4 is 5.97 Å². The molecule has 0 radical (unpaired) electrons. The van der Waals surface area contributed by atoms with Gasteiger partial charge in [-0.3, -0.25) is 0 Å². The van der Waals surface area contributed by atoms with Gasteiger partial charge in [0.1, 0.15) is 11.9 Å². The lowest BCUT2D eigenvalue weighted by atomic mass is 9.99. The molecule has 0 aromatic heterocycles. The summed E-state index contributed by atoms with van der Waals surface area (Å²) in [5.74, 6) is -0.201. The zero-order valence-electron chi connectivity index (χ0n) is 11.1. The minimum absolute atomic E-state index is 0.379. The Bertz CT molecular complexity index is 415. The van der Waals surface area contributed by atoms with Crippen LogP contribution in [0, 0.1) is 0 Å². The Morgan fingerprint density at radius 1 is 1.22 bits per heavy atom. The molecule has 1 N–H and O–H groups in total. The zero-order valence-corrected chi connectivity index (χ0v) is 11.1. The van der Waals surface area contributed by atoms with Crippen LogP contribution < -0.4 is 4.74 Å². The SMILES string of the molecule is CCC(CC)=C(C(=O)O)C(C)Oc1ccccc1. The van der Waals surface area contributed by atoms with Gasteiger partial charge in [-0.2, -0.15) is 0 Å². The molecule has 0 aliphatic heterocycles. The second kappa shape index (κ2) is 6.84. The highest BCUT2D eigenvalue weighted by Gasteiger charge is 2.21. The van der Waals surface area contributed by atoms with Crippen LogP contribution in [0.25, 0.3) is 0 Å². The molecule has 0 amide bonds. The van der Waals surface area contributed by atoms with Crippen LogP contribution in [0.4, 0.5) is 0 Å². The van der Waals surface area contributed by atoms with Crippen molar-refractivity contribution in [2.45, 2.75) is 39.7 Å². The summed E-state index contributed by atoms with van der Waals surface area (Å²) in [5, 5.41) is 9.32. The fourth-order valence-electron chi connectivity index (χ4n) is 2.01. The molecule has 0 aliphatic carbocycles. The molecular formula is C15H20O3. The monoisotopic (exact) mass is 248 g/mol. The number of benzene rings is 1. The van der Waals surface area contributed by atoms with Crippen LogP contribution in [0.2, 0.25) is 0 Å². The number of aliphatic carboxylic acids is 1. The largest absolute Gasteiger partial charge is 0.486 e. The fraction of sp³-hybridized carbons (Fsp3) is 0.400. The molecule has 0 fully saturated rings. The molecule has 1 aromatic carbocycles. The van der Waals surface area contributed by atoms with Crippen molar-refractivity contribution < 1.29 is 14.6 Å². The van der Waals surface area contributed by atoms with E-state index in [1.807, 2.05) is 44.2 Å². The van der Waals surface area contributed by atoms with E-state index in [0.717, 1.165) is 18.4 Å². The molecule has 3 heteroatoms. The normalized spacial score (nSPS) is 11.7. The maximum Gasteiger partial charge on any atom is 0.335 e. The topological polar surface area (TPSA) is 46.5 Å². The van der Waals surface area contributed by atoms with Crippen molar-refractivity contribution in [2.24, 2.45) is 0 Å². The van der Waals surface area contributed by atoms with Crippen molar-refractivity contribution in [3.63, 3.8) is 0 Å². The second-order valence-electron chi connectivity index (χ2n) is 4.10. The predicted molar refractivity (Wildman–Crippen MR) is 71.8 cm³/mol. The highest BCUT2D eigenvalue weighted by Crippen LogP contribution is 2.21. The van der Waals surface area contributed by atoms with Crippen LogP contribution in [-0.4, -0.2) is 17.2 Å². The van der Waals surface area contributed by atoms with Crippen molar-refractivity contribution in [1.29, 1.82) is 0 Å². The van der Waals surface area contributed by atoms with E-state index in [-0.39, 0.29) is 0 Å². The van der Waals surface area contributed by atoms with Crippen LogP contribution >= 0.6 is 0 Å². The number of hydrogen-bond acceptors (Lipinski definition) is 2. The third kappa shape index (κ3) is 3.62. The van der Waals surface area contributed by atoms with Crippen molar-refractivity contribution in [3.8, 4) is 5.75 Å². The van der Waals surface area contributed by atoms with Gasteiger partial charge in [0.25, 0.3) is 0 Å². The number of carbonyl (C=O) groups is 1. The Kier molecular flexibility index (Phi) is 5.43. The number of ether oxygens (including phenoxy) is 1. The number of carboxylic acids is 1. The summed E-state index contributed by atoms with van der Waals surface area (Å²) in [5.41, 5.74) is 1.31. The number of para-hydroxylation sites is 1. The average molecular weight is 248 g/mol. The number of rotatable bonds is 6. The first-order chi connectivity index (χ1) is 8.60. The Morgan fingerprint density at radius 3 is 2.22 bits per heavy atom. The molecule has 0 aliphatic rings. The van der Waals surface area contributed by atoms with E-state index in [0.29, 0.717) is 11.3 Å². The molecule has 3 nitrogen and oxygen atoms in total. The van der Waals surface area contributed by atoms with Gasteiger partial charge in [-0.1, -0.05) is 37.6 Å². The molecule has 1 rings (SSSR count). The molecule has 0 saturated carbocycles. The summed E-state index contributed by atoms with van der Waals surface area (Å²) >= 11 is 0. The van der Waals surface area contributed by atoms with E-state index in [9.17, 15) is 9.90 Å². The van der Waals surface area contributed by atoms with Crippen LogP contribution in [-0.2, 0) is 4.79 Å². The Balaban J connectivity index is 2.94. The van der Waals surface area contributed by atoms with Gasteiger partial charge in [-0.15, -0.1) is 0 Å². The van der Waals surface area contributed by atoms with Gasteiger partial charge >= 0.3 is 5.97 Å². The van der Waals surface area contributed by atoms with Gasteiger partial charge in [-0.05, 0) is 31.9 Å². The van der Waals surface area contributed by atoms with Gasteiger partial charge in [0.05, 0.1) is 5.57 Å². The summed E-state index contributed by atoms with van der Waals surface area (Å²) in [4.78, 5) is 11.4. The fourth-order valence-corrected chi connectivity index (χ4v) is 2.01. The van der Waals surface area contributed by atoms with Gasteiger partial charge < -0.3 is 9.84 Å². The summed E-state index contributed by atoms with van der Waals surface area (Å²) in [6, 6.07) is 9.29. The molecular weight excluding hydrogens is 228 g/mol. The lowest BCUT2D eigenvalue weighted by molar-refractivity contribution is -0.133. The van der Waals surface area contributed by atoms with Crippen molar-refractivity contribution in [1.82, 2.24) is 0 Å². The molecule has 1 aromatic rings.